The first-order valence-electron chi connectivity index (χ1n) is 33.2. The second-order valence-electron chi connectivity index (χ2n) is 24.3. The van der Waals surface area contributed by atoms with E-state index < -0.39 is 155 Å². The molecule has 508 valence electrons. The van der Waals surface area contributed by atoms with E-state index in [4.69, 9.17) is 28.4 Å². The van der Waals surface area contributed by atoms with Crippen LogP contribution in [0, 0.1) is 0 Å². The summed E-state index contributed by atoms with van der Waals surface area (Å²) in [6.45, 7) is 2.10. The Morgan fingerprint density at radius 3 is 1.56 bits per heavy atom. The number of nitrogens with one attached hydrogen (secondary N) is 2. The van der Waals surface area contributed by atoms with Gasteiger partial charge in [-0.15, -0.1) is 0 Å². The topological polar surface area (TPSA) is 373 Å². The third kappa shape index (κ3) is 28.7. The van der Waals surface area contributed by atoms with E-state index in [-0.39, 0.29) is 12.3 Å². The molecule has 2 amide bonds. The number of hydrogen-bond acceptors (Lipinski definition) is 20. The van der Waals surface area contributed by atoms with Crippen molar-refractivity contribution in [1.82, 2.24) is 10.6 Å². The van der Waals surface area contributed by atoms with Crippen LogP contribution in [-0.4, -0.2) is 215 Å². The molecule has 0 aromatic carbocycles. The summed E-state index contributed by atoms with van der Waals surface area (Å²) in [6.07, 6.45) is 13.8. The lowest BCUT2D eigenvalue weighted by Crippen LogP contribution is -2.70. The molecule has 0 saturated carbocycles. The quantitative estimate of drug-likeness (QED) is 0.0285. The van der Waals surface area contributed by atoms with Crippen molar-refractivity contribution in [3.8, 4) is 0 Å². The summed E-state index contributed by atoms with van der Waals surface area (Å²) in [6, 6.07) is -2.62. The molecule has 14 N–H and O–H groups in total. The van der Waals surface area contributed by atoms with Gasteiger partial charge in [0.1, 0.15) is 67.1 Å². The number of carbonyl (C=O) groups excluding carboxylic acids is 2. The molecule has 0 spiro atoms. The average molecular weight is 1250 g/mol. The zero-order valence-electron chi connectivity index (χ0n) is 52.6. The fraction of sp³-hybridized carbons (Fsp3) is 0.891. The summed E-state index contributed by atoms with van der Waals surface area (Å²) in [5.41, 5.74) is 0. The minimum atomic E-state index is -3.08. The third-order valence-electron chi connectivity index (χ3n) is 16.9. The number of carboxylic acids is 1. The fourth-order valence-electron chi connectivity index (χ4n) is 11.5. The van der Waals surface area contributed by atoms with Crippen molar-refractivity contribution in [3.63, 3.8) is 0 Å². The van der Waals surface area contributed by atoms with E-state index in [1.807, 2.05) is 6.08 Å². The first kappa shape index (κ1) is 78.5. The molecular weight excluding hydrogens is 1130 g/mol. The van der Waals surface area contributed by atoms with Crippen LogP contribution >= 0.6 is 0 Å². The Balaban J connectivity index is 1.63. The molecule has 0 aromatic rings. The lowest BCUT2D eigenvalue weighted by Gasteiger charge is -2.50. The van der Waals surface area contributed by atoms with Crippen LogP contribution in [0.3, 0.4) is 0 Å². The molecule has 0 radical (unpaired) electrons. The summed E-state index contributed by atoms with van der Waals surface area (Å²) in [5, 5.41) is 136. The normalized spacial score (nSPS) is 29.3. The minimum absolute atomic E-state index is 0.180. The molecule has 0 aromatic heterocycles. The maximum Gasteiger partial charge on any atom is 0.364 e. The highest BCUT2D eigenvalue weighted by molar-refractivity contribution is 5.77. The summed E-state index contributed by atoms with van der Waals surface area (Å²) < 4.78 is 34.7. The van der Waals surface area contributed by atoms with Crippen molar-refractivity contribution < 1.29 is 104 Å². The Hall–Kier alpha value is -2.79. The molecule has 3 rings (SSSR count). The number of allylic oxidation sites excluding steroid dienone is 3. The predicted octanol–water partition coefficient (Wildman–Crippen LogP) is 4.89. The van der Waals surface area contributed by atoms with Gasteiger partial charge in [0, 0.05) is 19.8 Å². The van der Waals surface area contributed by atoms with Crippen molar-refractivity contribution in [1.29, 1.82) is 0 Å². The molecule has 3 aliphatic rings. The maximum absolute atomic E-state index is 13.4. The fourth-order valence-corrected chi connectivity index (χ4v) is 11.5. The molecule has 18 atom stereocenters. The van der Waals surface area contributed by atoms with Crippen molar-refractivity contribution in [2.24, 2.45) is 0 Å². The van der Waals surface area contributed by atoms with Crippen molar-refractivity contribution >= 4 is 17.8 Å². The Labute approximate surface area is 517 Å². The van der Waals surface area contributed by atoms with Gasteiger partial charge in [-0.3, -0.25) is 9.59 Å². The number of rotatable bonds is 49. The number of carbonyl (C=O) groups is 3. The highest BCUT2D eigenvalue weighted by Crippen LogP contribution is 2.38. The number of aliphatic hydroxyl groups is 11. The Morgan fingerprint density at radius 1 is 0.598 bits per heavy atom. The summed E-state index contributed by atoms with van der Waals surface area (Å²) >= 11 is 0. The van der Waals surface area contributed by atoms with Crippen LogP contribution in [0.25, 0.3) is 0 Å². The van der Waals surface area contributed by atoms with Crippen LogP contribution in [0.2, 0.25) is 0 Å². The molecule has 3 fully saturated rings. The molecule has 23 heteroatoms. The molecule has 18 unspecified atom stereocenters. The van der Waals surface area contributed by atoms with E-state index in [1.54, 1.807) is 6.08 Å². The summed E-state index contributed by atoms with van der Waals surface area (Å²) in [5.74, 6) is -6.16. The van der Waals surface area contributed by atoms with Gasteiger partial charge in [0.05, 0.1) is 50.7 Å². The van der Waals surface area contributed by atoms with E-state index in [0.29, 0.717) is 12.8 Å². The predicted molar refractivity (Wildman–Crippen MR) is 324 cm³/mol. The third-order valence-corrected chi connectivity index (χ3v) is 16.9. The summed E-state index contributed by atoms with van der Waals surface area (Å²) in [4.78, 5) is 38.4. The zero-order valence-corrected chi connectivity index (χ0v) is 52.6. The van der Waals surface area contributed by atoms with Crippen molar-refractivity contribution in [2.45, 2.75) is 336 Å². The van der Waals surface area contributed by atoms with Gasteiger partial charge >= 0.3 is 5.97 Å². The number of carboxylic acid groups (broad SMARTS) is 1. The van der Waals surface area contributed by atoms with Gasteiger partial charge < -0.3 is 100 Å². The van der Waals surface area contributed by atoms with Gasteiger partial charge in [0.15, 0.2) is 12.6 Å². The van der Waals surface area contributed by atoms with E-state index in [9.17, 15) is 75.7 Å². The lowest BCUT2D eigenvalue weighted by molar-refractivity contribution is -0.386. The van der Waals surface area contributed by atoms with Crippen LogP contribution in [0.5, 0.6) is 0 Å². The number of unbranched alkanes of at least 4 members (excludes halogenated alkanes) is 27. The first-order chi connectivity index (χ1) is 41.9. The molecule has 3 aliphatic heterocycles. The number of aliphatic carboxylic acids is 1. The van der Waals surface area contributed by atoms with Gasteiger partial charge in [-0.05, 0) is 44.9 Å². The Morgan fingerprint density at radius 2 is 1.08 bits per heavy atom. The molecule has 3 heterocycles. The van der Waals surface area contributed by atoms with Gasteiger partial charge in [0.25, 0.3) is 5.79 Å². The highest BCUT2D eigenvalue weighted by Gasteiger charge is 2.60. The van der Waals surface area contributed by atoms with Crippen LogP contribution in [0.4, 0.5) is 0 Å². The van der Waals surface area contributed by atoms with Gasteiger partial charge in [-0.25, -0.2) is 4.79 Å². The smallest absolute Gasteiger partial charge is 0.364 e. The lowest BCUT2D eigenvalue weighted by atomic mass is 9.88. The van der Waals surface area contributed by atoms with Crippen LogP contribution < -0.4 is 10.6 Å². The number of ether oxygens (including phenoxy) is 6. The van der Waals surface area contributed by atoms with E-state index in [0.717, 1.165) is 51.9 Å². The first-order valence-corrected chi connectivity index (χ1v) is 33.2. The molecule has 3 saturated heterocycles. The Bertz CT molecular complexity index is 1870. The number of hydrogen-bond donors (Lipinski definition) is 14. The van der Waals surface area contributed by atoms with E-state index >= 15 is 0 Å². The molecule has 0 bridgehead atoms. The van der Waals surface area contributed by atoms with Gasteiger partial charge in [-0.2, -0.15) is 0 Å². The average Bonchev–Trinajstić information content (AvgIpc) is 1.24. The van der Waals surface area contributed by atoms with Gasteiger partial charge in [0.2, 0.25) is 11.8 Å². The minimum Gasteiger partial charge on any atom is -0.477 e. The van der Waals surface area contributed by atoms with Crippen LogP contribution in [0.1, 0.15) is 226 Å². The van der Waals surface area contributed by atoms with Crippen molar-refractivity contribution in [2.75, 3.05) is 26.4 Å². The van der Waals surface area contributed by atoms with Gasteiger partial charge in [-0.1, -0.05) is 186 Å². The van der Waals surface area contributed by atoms with E-state index in [1.165, 1.54) is 135 Å². The van der Waals surface area contributed by atoms with Crippen LogP contribution in [-0.2, 0) is 42.8 Å². The molecule has 0 aliphatic carbocycles. The second-order valence-corrected chi connectivity index (χ2v) is 24.3. The second kappa shape index (κ2) is 45.5. The molecular formula is C64H116N2O21. The largest absolute Gasteiger partial charge is 0.477 e. The molecule has 87 heavy (non-hydrogen) atoms. The zero-order chi connectivity index (χ0) is 64.0. The van der Waals surface area contributed by atoms with Crippen molar-refractivity contribution in [3.05, 3.63) is 24.3 Å². The van der Waals surface area contributed by atoms with Crippen LogP contribution in [0.15, 0.2) is 24.3 Å². The SMILES string of the molecule is CCCCCCCC/C=C\CCCCCC(=O)NC(COC1OC(CO)C(OC2OC(CO)C(O)C(OC3(C(=O)O)CC(O)C(NC(C)=O)C(C(O)C(O)CO)O3)C2O)C(O)C1O)C(O)/C=C/CCCCCCCCCCCCCCCCCCCC. The summed E-state index contributed by atoms with van der Waals surface area (Å²) in [7, 11) is 0. The standard InChI is InChI=1S/C64H116N2O21/c1-4-6-8-10-12-14-16-18-19-20-21-22-23-24-26-27-29-31-33-35-37-46(71)45(66-51(74)38-36-34-32-30-28-25-17-15-13-11-9-7-5-2)43-82-61-56(78)55(77)58(50(42-69)84-61)85-62-57(79)60(54(76)49(41-68)83-62)87-64(63(80)81)39-47(72)52(65-44(3)70)59(86-64)53(75)48(73)40-67/h25,28,35,37,45-50,52-62,67-69,71-73,75-79H,4-24,26-27,29-34,36,38-43H2,1-3H3,(H,65,70)(H,66,74)(H,80,81)/b28-25-,37-35+. The molecule has 23 nitrogen and oxygen atoms in total. The number of amides is 2. The highest BCUT2D eigenvalue weighted by atomic mass is 16.8. The Kier molecular flexibility index (Phi) is 41.0. The van der Waals surface area contributed by atoms with E-state index in [2.05, 4.69) is 36.6 Å². The number of aliphatic hydroxyl groups excluding tert-OH is 11. The monoisotopic (exact) mass is 1250 g/mol. The maximum atomic E-state index is 13.4.